The van der Waals surface area contributed by atoms with Crippen LogP contribution in [-0.2, 0) is 12.8 Å². The van der Waals surface area contributed by atoms with Gasteiger partial charge in [0, 0.05) is 0 Å². The SMILES string of the molecule is CCc1cc2c(cc1O)CCC1C2CC[C@@]2(C)C1CC[C@@H]2CCF. The molecule has 5 atom stereocenters. The second-order valence-electron chi connectivity index (χ2n) is 8.75. The molecule has 0 spiro atoms. The van der Waals surface area contributed by atoms with Crippen molar-refractivity contribution in [1.29, 1.82) is 0 Å². The molecule has 1 aromatic carbocycles. The molecule has 3 aliphatic rings. The van der Waals surface area contributed by atoms with Gasteiger partial charge in [0.05, 0.1) is 6.67 Å². The Morgan fingerprint density at radius 2 is 2.04 bits per heavy atom. The number of aromatic hydroxyl groups is 1. The molecule has 0 saturated heterocycles. The number of phenols is 1. The lowest BCUT2D eigenvalue weighted by molar-refractivity contribution is 0.0240. The molecule has 0 aliphatic heterocycles. The number of fused-ring (bicyclic) bond motifs is 5. The number of hydrogen-bond donors (Lipinski definition) is 1. The molecular weight excluding hydrogens is 299 g/mol. The first-order valence-corrected chi connectivity index (χ1v) is 9.99. The summed E-state index contributed by atoms with van der Waals surface area (Å²) in [6.45, 7) is 4.44. The van der Waals surface area contributed by atoms with Crippen molar-refractivity contribution in [3.05, 3.63) is 28.8 Å². The van der Waals surface area contributed by atoms with E-state index in [2.05, 4.69) is 19.9 Å². The van der Waals surface area contributed by atoms with E-state index in [1.54, 1.807) is 0 Å². The first-order valence-electron chi connectivity index (χ1n) is 9.99. The Kier molecular flexibility index (Phi) is 4.13. The van der Waals surface area contributed by atoms with Gasteiger partial charge in [0.2, 0.25) is 0 Å². The molecule has 0 aromatic heterocycles. The number of hydrogen-bond acceptors (Lipinski definition) is 1. The maximum atomic E-state index is 13.0. The Labute approximate surface area is 145 Å². The summed E-state index contributed by atoms with van der Waals surface area (Å²) in [6.07, 6.45) is 9.07. The minimum atomic E-state index is -0.150. The average Bonchev–Trinajstić information content (AvgIpc) is 2.91. The first kappa shape index (κ1) is 16.4. The smallest absolute Gasteiger partial charge is 0.119 e. The van der Waals surface area contributed by atoms with Crippen LogP contribution in [0.5, 0.6) is 5.75 Å². The quantitative estimate of drug-likeness (QED) is 0.744. The number of alkyl halides is 1. The van der Waals surface area contributed by atoms with Crippen LogP contribution in [0.1, 0.15) is 75.0 Å². The molecule has 2 saturated carbocycles. The Bertz CT molecular complexity index is 625. The lowest BCUT2D eigenvalue weighted by atomic mass is 9.54. The molecule has 132 valence electrons. The third kappa shape index (κ3) is 2.32. The maximum absolute atomic E-state index is 13.0. The van der Waals surface area contributed by atoms with Gasteiger partial charge in [-0.2, -0.15) is 0 Å². The molecule has 0 heterocycles. The Balaban J connectivity index is 1.66. The zero-order chi connectivity index (χ0) is 16.9. The molecule has 2 heteroatoms. The molecule has 24 heavy (non-hydrogen) atoms. The molecule has 1 N–H and O–H groups in total. The molecule has 2 fully saturated rings. The number of benzene rings is 1. The van der Waals surface area contributed by atoms with Crippen molar-refractivity contribution in [2.75, 3.05) is 6.67 Å². The molecule has 1 aromatic rings. The monoisotopic (exact) mass is 330 g/mol. The first-order chi connectivity index (χ1) is 11.6. The van der Waals surface area contributed by atoms with Gasteiger partial charge in [0.15, 0.2) is 0 Å². The van der Waals surface area contributed by atoms with Crippen LogP contribution in [0.3, 0.4) is 0 Å². The Hall–Kier alpha value is -1.05. The van der Waals surface area contributed by atoms with Gasteiger partial charge in [-0.1, -0.05) is 19.9 Å². The number of halogens is 1. The summed E-state index contributed by atoms with van der Waals surface area (Å²) in [6, 6.07) is 4.34. The summed E-state index contributed by atoms with van der Waals surface area (Å²) in [4.78, 5) is 0. The van der Waals surface area contributed by atoms with Crippen molar-refractivity contribution in [3.63, 3.8) is 0 Å². The van der Waals surface area contributed by atoms with Gasteiger partial charge >= 0.3 is 0 Å². The largest absolute Gasteiger partial charge is 0.508 e. The van der Waals surface area contributed by atoms with E-state index in [4.69, 9.17) is 0 Å². The van der Waals surface area contributed by atoms with E-state index in [1.165, 1.54) is 43.2 Å². The fourth-order valence-corrected chi connectivity index (χ4v) is 6.65. The Morgan fingerprint density at radius 1 is 1.21 bits per heavy atom. The third-order valence-corrected chi connectivity index (χ3v) is 7.96. The second kappa shape index (κ2) is 6.04. The highest BCUT2D eigenvalue weighted by molar-refractivity contribution is 5.45. The summed E-state index contributed by atoms with van der Waals surface area (Å²) in [5.74, 6) is 3.30. The van der Waals surface area contributed by atoms with Crippen LogP contribution in [0.4, 0.5) is 4.39 Å². The van der Waals surface area contributed by atoms with Crippen LogP contribution in [0.2, 0.25) is 0 Å². The Morgan fingerprint density at radius 3 is 2.79 bits per heavy atom. The zero-order valence-corrected chi connectivity index (χ0v) is 15.2. The highest BCUT2D eigenvalue weighted by Gasteiger charge is 2.54. The van der Waals surface area contributed by atoms with Gasteiger partial charge in [0.25, 0.3) is 0 Å². The molecule has 1 nitrogen and oxygen atoms in total. The summed E-state index contributed by atoms with van der Waals surface area (Å²) < 4.78 is 13.0. The number of rotatable bonds is 3. The molecule has 0 amide bonds. The predicted octanol–water partition coefficient (Wildman–Crippen LogP) is 5.79. The van der Waals surface area contributed by atoms with Crippen LogP contribution >= 0.6 is 0 Å². The van der Waals surface area contributed by atoms with Gasteiger partial charge in [-0.3, -0.25) is 4.39 Å². The van der Waals surface area contributed by atoms with E-state index in [1.807, 2.05) is 6.07 Å². The van der Waals surface area contributed by atoms with E-state index >= 15 is 0 Å². The van der Waals surface area contributed by atoms with E-state index in [0.29, 0.717) is 23.0 Å². The molecule has 3 aliphatic carbocycles. The number of aryl methyl sites for hydroxylation is 2. The van der Waals surface area contributed by atoms with Gasteiger partial charge in [-0.15, -0.1) is 0 Å². The van der Waals surface area contributed by atoms with Gasteiger partial charge in [-0.25, -0.2) is 0 Å². The van der Waals surface area contributed by atoms with Crippen LogP contribution in [0.25, 0.3) is 0 Å². The molecule has 3 unspecified atom stereocenters. The van der Waals surface area contributed by atoms with Gasteiger partial charge < -0.3 is 5.11 Å². The van der Waals surface area contributed by atoms with Crippen molar-refractivity contribution < 1.29 is 9.50 Å². The minimum absolute atomic E-state index is 0.150. The summed E-state index contributed by atoms with van der Waals surface area (Å²) in [5, 5.41) is 10.2. The van der Waals surface area contributed by atoms with Crippen LogP contribution < -0.4 is 0 Å². The van der Waals surface area contributed by atoms with Crippen LogP contribution in [0, 0.1) is 23.2 Å². The molecular formula is C22H31FO. The minimum Gasteiger partial charge on any atom is -0.508 e. The lowest BCUT2D eigenvalue weighted by Gasteiger charge is -2.51. The molecule has 0 radical (unpaired) electrons. The van der Waals surface area contributed by atoms with Gasteiger partial charge in [0.1, 0.15) is 5.75 Å². The van der Waals surface area contributed by atoms with Crippen molar-refractivity contribution in [2.45, 2.75) is 71.1 Å². The van der Waals surface area contributed by atoms with Crippen molar-refractivity contribution in [1.82, 2.24) is 0 Å². The lowest BCUT2D eigenvalue weighted by Crippen LogP contribution is -2.42. The van der Waals surface area contributed by atoms with E-state index < -0.39 is 0 Å². The summed E-state index contributed by atoms with van der Waals surface area (Å²) in [7, 11) is 0. The highest BCUT2D eigenvalue weighted by Crippen LogP contribution is 2.63. The van der Waals surface area contributed by atoms with E-state index in [9.17, 15) is 9.50 Å². The van der Waals surface area contributed by atoms with E-state index in [0.717, 1.165) is 36.7 Å². The number of phenolic OH excluding ortho intramolecular Hbond substituents is 1. The predicted molar refractivity (Wildman–Crippen MR) is 96.2 cm³/mol. The normalized spacial score (nSPS) is 37.6. The van der Waals surface area contributed by atoms with Gasteiger partial charge in [-0.05, 0) is 103 Å². The third-order valence-electron chi connectivity index (χ3n) is 7.96. The topological polar surface area (TPSA) is 20.2 Å². The zero-order valence-electron chi connectivity index (χ0n) is 15.2. The standard InChI is InChI=1S/C22H31FO/c1-3-14-12-19-15(13-21(14)24)4-6-18-17(19)8-10-22(2)16(9-11-23)5-7-20(18)22/h12-13,16-18,20,24H,3-11H2,1-2H3/t16-,17?,18?,20?,22-/m1/s1. The average molecular weight is 330 g/mol. The summed E-state index contributed by atoms with van der Waals surface area (Å²) in [5.41, 5.74) is 4.38. The van der Waals surface area contributed by atoms with E-state index in [-0.39, 0.29) is 6.67 Å². The van der Waals surface area contributed by atoms with Crippen molar-refractivity contribution in [3.8, 4) is 5.75 Å². The molecule has 0 bridgehead atoms. The summed E-state index contributed by atoms with van der Waals surface area (Å²) >= 11 is 0. The van der Waals surface area contributed by atoms with Crippen molar-refractivity contribution >= 4 is 0 Å². The highest BCUT2D eigenvalue weighted by atomic mass is 19.1. The maximum Gasteiger partial charge on any atom is 0.119 e. The molecule has 4 rings (SSSR count). The fraction of sp³-hybridized carbons (Fsp3) is 0.727. The fourth-order valence-electron chi connectivity index (χ4n) is 6.65. The van der Waals surface area contributed by atoms with Crippen LogP contribution in [-0.4, -0.2) is 11.8 Å². The second-order valence-corrected chi connectivity index (χ2v) is 8.75. The van der Waals surface area contributed by atoms with Crippen LogP contribution in [0.15, 0.2) is 12.1 Å². The van der Waals surface area contributed by atoms with Crippen molar-refractivity contribution in [2.24, 2.45) is 23.2 Å².